The van der Waals surface area contributed by atoms with Crippen LogP contribution in [-0.4, -0.2) is 43.0 Å². The maximum Gasteiger partial charge on any atom is 0.327 e. The van der Waals surface area contributed by atoms with Crippen LogP contribution in [0.1, 0.15) is 11.1 Å². The van der Waals surface area contributed by atoms with Crippen LogP contribution in [0.25, 0.3) is 11.2 Å². The SMILES string of the molecule is O=C(O)[C@H](Cc1ccccc1)N(C(=O)Cc1ccccc1)c1ncc2[nH]cnc2n1. The van der Waals surface area contributed by atoms with E-state index in [0.29, 0.717) is 11.2 Å². The standard InChI is InChI=1S/C22H19N5O3/c28-19(12-16-9-5-2-6-10-16)27(22-23-13-17-20(26-22)25-14-24-17)18(21(29)30)11-15-7-3-1-4-8-15/h1-10,13-14,18H,11-12H2,(H,29,30)(H,23,24,25,26)/t18-/m0/s1. The summed E-state index contributed by atoms with van der Waals surface area (Å²) in [5, 5.41) is 9.98. The number of H-pyrrole nitrogens is 1. The first kappa shape index (κ1) is 19.3. The third kappa shape index (κ3) is 4.17. The van der Waals surface area contributed by atoms with Crippen molar-refractivity contribution in [3.8, 4) is 0 Å². The van der Waals surface area contributed by atoms with E-state index in [9.17, 15) is 14.7 Å². The molecule has 0 fully saturated rings. The maximum absolute atomic E-state index is 13.3. The van der Waals surface area contributed by atoms with Crippen LogP contribution in [0.5, 0.6) is 0 Å². The number of nitrogens with one attached hydrogen (secondary N) is 1. The van der Waals surface area contributed by atoms with Gasteiger partial charge in [-0.2, -0.15) is 4.98 Å². The molecule has 2 N–H and O–H groups in total. The topological polar surface area (TPSA) is 112 Å². The van der Waals surface area contributed by atoms with Gasteiger partial charge in [0.1, 0.15) is 11.6 Å². The Morgan fingerprint density at radius 3 is 2.30 bits per heavy atom. The first-order valence-electron chi connectivity index (χ1n) is 9.40. The van der Waals surface area contributed by atoms with Gasteiger partial charge in [-0.3, -0.25) is 9.69 Å². The van der Waals surface area contributed by atoms with Crippen molar-refractivity contribution in [2.45, 2.75) is 18.9 Å². The predicted molar refractivity (Wildman–Crippen MR) is 111 cm³/mol. The molecule has 1 atom stereocenters. The lowest BCUT2D eigenvalue weighted by atomic mass is 10.0. The quantitative estimate of drug-likeness (QED) is 0.492. The van der Waals surface area contributed by atoms with E-state index in [2.05, 4.69) is 19.9 Å². The van der Waals surface area contributed by atoms with Gasteiger partial charge in [0.05, 0.1) is 18.9 Å². The number of nitrogens with zero attached hydrogens (tertiary/aromatic N) is 4. The maximum atomic E-state index is 13.3. The van der Waals surface area contributed by atoms with Crippen LogP contribution in [0.3, 0.4) is 0 Å². The zero-order valence-electron chi connectivity index (χ0n) is 16.0. The third-order valence-corrected chi connectivity index (χ3v) is 4.71. The predicted octanol–water partition coefficient (Wildman–Crippen LogP) is 2.62. The molecule has 2 aromatic carbocycles. The molecule has 0 aliphatic rings. The van der Waals surface area contributed by atoms with E-state index in [1.54, 1.807) is 0 Å². The van der Waals surface area contributed by atoms with E-state index in [1.807, 2.05) is 60.7 Å². The van der Waals surface area contributed by atoms with Gasteiger partial charge in [-0.1, -0.05) is 60.7 Å². The third-order valence-electron chi connectivity index (χ3n) is 4.71. The molecule has 4 aromatic rings. The molecule has 4 rings (SSSR count). The number of carboxylic acids is 1. The van der Waals surface area contributed by atoms with Gasteiger partial charge in [-0.15, -0.1) is 0 Å². The van der Waals surface area contributed by atoms with Crippen molar-refractivity contribution in [2.75, 3.05) is 4.90 Å². The second-order valence-electron chi connectivity index (χ2n) is 6.78. The van der Waals surface area contributed by atoms with Crippen molar-refractivity contribution in [1.82, 2.24) is 19.9 Å². The van der Waals surface area contributed by atoms with Crippen LogP contribution in [0.2, 0.25) is 0 Å². The minimum atomic E-state index is -1.17. The van der Waals surface area contributed by atoms with Gasteiger partial charge in [0.2, 0.25) is 11.9 Å². The minimum absolute atomic E-state index is 0.0128. The Balaban J connectivity index is 1.74. The van der Waals surface area contributed by atoms with Crippen molar-refractivity contribution in [2.24, 2.45) is 0 Å². The van der Waals surface area contributed by atoms with E-state index in [-0.39, 0.29) is 18.8 Å². The first-order chi connectivity index (χ1) is 14.6. The number of hydrogen-bond acceptors (Lipinski definition) is 5. The fraction of sp³-hybridized carbons (Fsp3) is 0.136. The van der Waals surface area contributed by atoms with Crippen molar-refractivity contribution in [3.05, 3.63) is 84.3 Å². The summed E-state index contributed by atoms with van der Waals surface area (Å²) in [5.41, 5.74) is 2.53. The number of rotatable bonds is 7. The van der Waals surface area contributed by atoms with Crippen molar-refractivity contribution >= 4 is 29.0 Å². The van der Waals surface area contributed by atoms with Crippen LogP contribution in [0.4, 0.5) is 5.95 Å². The number of aromatic nitrogens is 4. The van der Waals surface area contributed by atoms with Crippen LogP contribution < -0.4 is 4.90 Å². The number of imidazole rings is 1. The lowest BCUT2D eigenvalue weighted by Gasteiger charge is -2.27. The zero-order chi connectivity index (χ0) is 20.9. The highest BCUT2D eigenvalue weighted by Crippen LogP contribution is 2.20. The van der Waals surface area contributed by atoms with Crippen LogP contribution in [0.15, 0.2) is 73.2 Å². The molecule has 1 amide bonds. The number of amides is 1. The van der Waals surface area contributed by atoms with Gasteiger partial charge in [-0.25, -0.2) is 14.8 Å². The summed E-state index contributed by atoms with van der Waals surface area (Å²) in [6, 6.07) is 17.2. The second-order valence-corrected chi connectivity index (χ2v) is 6.78. The van der Waals surface area contributed by atoms with E-state index < -0.39 is 17.9 Å². The molecule has 150 valence electrons. The number of carboxylic acid groups (broad SMARTS) is 1. The largest absolute Gasteiger partial charge is 0.480 e. The normalized spacial score (nSPS) is 11.9. The van der Waals surface area contributed by atoms with Gasteiger partial charge in [0.25, 0.3) is 0 Å². The molecule has 0 saturated heterocycles. The molecular formula is C22H19N5O3. The number of carbonyl (C=O) groups excluding carboxylic acids is 1. The van der Waals surface area contributed by atoms with Gasteiger partial charge in [0, 0.05) is 6.42 Å². The number of aliphatic carboxylic acids is 1. The van der Waals surface area contributed by atoms with Crippen molar-refractivity contribution in [1.29, 1.82) is 0 Å². The number of hydrogen-bond donors (Lipinski definition) is 2. The summed E-state index contributed by atoms with van der Waals surface area (Å²) in [7, 11) is 0. The van der Waals surface area contributed by atoms with E-state index in [0.717, 1.165) is 16.0 Å². The summed E-state index contributed by atoms with van der Waals surface area (Å²) < 4.78 is 0. The molecule has 0 bridgehead atoms. The monoisotopic (exact) mass is 401 g/mol. The number of fused-ring (bicyclic) bond motifs is 1. The summed E-state index contributed by atoms with van der Waals surface area (Å²) in [6.07, 6.45) is 3.12. The van der Waals surface area contributed by atoms with Crippen molar-refractivity contribution in [3.63, 3.8) is 0 Å². The summed E-state index contributed by atoms with van der Waals surface area (Å²) in [6.45, 7) is 0. The first-order valence-corrected chi connectivity index (χ1v) is 9.40. The van der Waals surface area contributed by atoms with E-state index in [1.165, 1.54) is 12.5 Å². The Morgan fingerprint density at radius 1 is 0.967 bits per heavy atom. The number of benzene rings is 2. The van der Waals surface area contributed by atoms with Crippen LogP contribution in [0, 0.1) is 0 Å². The van der Waals surface area contributed by atoms with Gasteiger partial charge < -0.3 is 10.1 Å². The number of anilines is 1. The highest BCUT2D eigenvalue weighted by Gasteiger charge is 2.33. The Hall–Kier alpha value is -4.07. The summed E-state index contributed by atoms with van der Waals surface area (Å²) >= 11 is 0. The van der Waals surface area contributed by atoms with Gasteiger partial charge in [0.15, 0.2) is 5.65 Å². The molecule has 30 heavy (non-hydrogen) atoms. The molecule has 0 unspecified atom stereocenters. The Bertz CT molecular complexity index is 1160. The highest BCUT2D eigenvalue weighted by atomic mass is 16.4. The number of carbonyl (C=O) groups is 2. The van der Waals surface area contributed by atoms with Crippen LogP contribution >= 0.6 is 0 Å². The molecule has 8 heteroatoms. The highest BCUT2D eigenvalue weighted by molar-refractivity contribution is 5.99. The Kier molecular flexibility index (Phi) is 5.47. The fourth-order valence-electron chi connectivity index (χ4n) is 3.25. The minimum Gasteiger partial charge on any atom is -0.480 e. The molecule has 0 aliphatic heterocycles. The molecular weight excluding hydrogens is 382 g/mol. The molecule has 0 saturated carbocycles. The molecule has 2 aromatic heterocycles. The summed E-state index contributed by atoms with van der Waals surface area (Å²) in [5.74, 6) is -1.52. The van der Waals surface area contributed by atoms with E-state index in [4.69, 9.17) is 0 Å². The zero-order valence-corrected chi connectivity index (χ0v) is 16.0. The van der Waals surface area contributed by atoms with Crippen molar-refractivity contribution < 1.29 is 14.7 Å². The smallest absolute Gasteiger partial charge is 0.327 e. The molecule has 0 radical (unpaired) electrons. The Labute approximate surface area is 172 Å². The Morgan fingerprint density at radius 2 is 1.63 bits per heavy atom. The van der Waals surface area contributed by atoms with Crippen LogP contribution in [-0.2, 0) is 22.4 Å². The van der Waals surface area contributed by atoms with E-state index >= 15 is 0 Å². The molecule has 8 nitrogen and oxygen atoms in total. The fourth-order valence-corrected chi connectivity index (χ4v) is 3.25. The lowest BCUT2D eigenvalue weighted by molar-refractivity contribution is -0.140. The average molecular weight is 401 g/mol. The molecule has 2 heterocycles. The van der Waals surface area contributed by atoms with Gasteiger partial charge >= 0.3 is 5.97 Å². The average Bonchev–Trinajstić information content (AvgIpc) is 3.23. The number of aromatic amines is 1. The molecule has 0 aliphatic carbocycles. The second kappa shape index (κ2) is 8.52. The molecule has 0 spiro atoms. The van der Waals surface area contributed by atoms with Gasteiger partial charge in [-0.05, 0) is 11.1 Å². The summed E-state index contributed by atoms with van der Waals surface area (Å²) in [4.78, 5) is 42.2. The lowest BCUT2D eigenvalue weighted by Crippen LogP contribution is -2.48.